The molecule has 0 amide bonds. The Morgan fingerprint density at radius 2 is 1.88 bits per heavy atom. The maximum Gasteiger partial charge on any atom is 0.0541 e. The molecule has 0 aliphatic heterocycles. The van der Waals surface area contributed by atoms with Crippen LogP contribution in [0, 0.1) is 0 Å². The number of benzene rings is 1. The molecule has 0 spiro atoms. The molecule has 1 aromatic carbocycles. The van der Waals surface area contributed by atoms with Gasteiger partial charge in [0.15, 0.2) is 0 Å². The zero-order valence-corrected chi connectivity index (χ0v) is 10.4. The van der Waals surface area contributed by atoms with Gasteiger partial charge in [0.1, 0.15) is 0 Å². The van der Waals surface area contributed by atoms with Gasteiger partial charge in [0, 0.05) is 5.54 Å². The van der Waals surface area contributed by atoms with Crippen molar-refractivity contribution >= 4 is 6.08 Å². The Hall–Kier alpha value is -1.12. The molecule has 0 atom stereocenters. The van der Waals surface area contributed by atoms with Gasteiger partial charge >= 0.3 is 0 Å². The van der Waals surface area contributed by atoms with Crippen molar-refractivity contribution in [2.75, 3.05) is 0 Å². The van der Waals surface area contributed by atoms with Crippen LogP contribution in [-0.4, -0.2) is 16.7 Å². The highest BCUT2D eigenvalue weighted by Crippen LogP contribution is 2.32. The molecule has 92 valence electrons. The predicted octanol–water partition coefficient (Wildman–Crippen LogP) is 2.72. The lowest BCUT2D eigenvalue weighted by molar-refractivity contribution is 0.107. The second kappa shape index (κ2) is 5.03. The van der Waals surface area contributed by atoms with Crippen molar-refractivity contribution in [3.8, 4) is 0 Å². The molecule has 17 heavy (non-hydrogen) atoms. The summed E-state index contributed by atoms with van der Waals surface area (Å²) < 4.78 is 0. The molecule has 1 aliphatic rings. The van der Waals surface area contributed by atoms with E-state index in [9.17, 15) is 5.11 Å². The molecule has 2 heteroatoms. The topological polar surface area (TPSA) is 46.2 Å². The van der Waals surface area contributed by atoms with Crippen LogP contribution >= 0.6 is 0 Å². The van der Waals surface area contributed by atoms with Crippen LogP contribution in [0.3, 0.4) is 0 Å². The minimum Gasteiger partial charge on any atom is -0.393 e. The minimum absolute atomic E-state index is 0.156. The van der Waals surface area contributed by atoms with E-state index in [4.69, 9.17) is 5.73 Å². The quantitative estimate of drug-likeness (QED) is 0.822. The maximum absolute atomic E-state index is 9.54. The van der Waals surface area contributed by atoms with E-state index in [2.05, 4.69) is 25.1 Å². The molecule has 2 nitrogen and oxygen atoms in total. The summed E-state index contributed by atoms with van der Waals surface area (Å²) in [5.74, 6) is 0. The van der Waals surface area contributed by atoms with E-state index in [1.807, 2.05) is 18.2 Å². The van der Waals surface area contributed by atoms with Gasteiger partial charge in [-0.15, -0.1) is 0 Å². The summed E-state index contributed by atoms with van der Waals surface area (Å²) in [6.45, 7) is 2.10. The molecular weight excluding hydrogens is 210 g/mol. The monoisotopic (exact) mass is 231 g/mol. The van der Waals surface area contributed by atoms with Crippen molar-refractivity contribution in [2.45, 2.75) is 44.2 Å². The number of hydrogen-bond donors (Lipinski definition) is 2. The SMILES string of the molecule is C/C(=C/c1ccccc1)C1(N)CCC(O)CC1. The fourth-order valence-corrected chi connectivity index (χ4v) is 2.46. The number of rotatable bonds is 2. The van der Waals surface area contributed by atoms with Crippen LogP contribution in [0.2, 0.25) is 0 Å². The van der Waals surface area contributed by atoms with E-state index >= 15 is 0 Å². The zero-order chi connectivity index (χ0) is 12.3. The third kappa shape index (κ3) is 2.96. The lowest BCUT2D eigenvalue weighted by Gasteiger charge is -2.36. The van der Waals surface area contributed by atoms with Gasteiger partial charge in [0.05, 0.1) is 6.10 Å². The molecule has 1 aliphatic carbocycles. The summed E-state index contributed by atoms with van der Waals surface area (Å²) in [5.41, 5.74) is 8.62. The van der Waals surface area contributed by atoms with Crippen LogP contribution in [0.15, 0.2) is 35.9 Å². The second-order valence-electron chi connectivity index (χ2n) is 5.13. The van der Waals surface area contributed by atoms with E-state index in [0.29, 0.717) is 0 Å². The molecule has 0 heterocycles. The van der Waals surface area contributed by atoms with E-state index in [1.54, 1.807) is 0 Å². The summed E-state index contributed by atoms with van der Waals surface area (Å²) in [5, 5.41) is 9.54. The average Bonchev–Trinajstić information content (AvgIpc) is 2.34. The van der Waals surface area contributed by atoms with Gasteiger partial charge in [0.25, 0.3) is 0 Å². The highest BCUT2D eigenvalue weighted by Gasteiger charge is 2.32. The third-order valence-electron chi connectivity index (χ3n) is 3.82. The zero-order valence-electron chi connectivity index (χ0n) is 10.4. The van der Waals surface area contributed by atoms with Crippen LogP contribution < -0.4 is 5.73 Å². The van der Waals surface area contributed by atoms with Gasteiger partial charge in [-0.2, -0.15) is 0 Å². The third-order valence-corrected chi connectivity index (χ3v) is 3.82. The largest absolute Gasteiger partial charge is 0.393 e. The highest BCUT2D eigenvalue weighted by molar-refractivity contribution is 5.54. The van der Waals surface area contributed by atoms with Crippen LogP contribution in [0.4, 0.5) is 0 Å². The Labute approximate surface area is 103 Å². The van der Waals surface area contributed by atoms with Crippen LogP contribution in [0.25, 0.3) is 6.08 Å². The lowest BCUT2D eigenvalue weighted by Crippen LogP contribution is -2.45. The predicted molar refractivity (Wildman–Crippen MR) is 71.5 cm³/mol. The Balaban J connectivity index is 2.14. The average molecular weight is 231 g/mol. The van der Waals surface area contributed by atoms with Crippen molar-refractivity contribution in [1.29, 1.82) is 0 Å². The van der Waals surface area contributed by atoms with Crippen molar-refractivity contribution in [1.82, 2.24) is 0 Å². The molecule has 3 N–H and O–H groups in total. The first-order valence-corrected chi connectivity index (χ1v) is 6.31. The fraction of sp³-hybridized carbons (Fsp3) is 0.467. The van der Waals surface area contributed by atoms with Gasteiger partial charge in [0.2, 0.25) is 0 Å². The van der Waals surface area contributed by atoms with E-state index in [1.165, 1.54) is 11.1 Å². The molecule has 1 aromatic rings. The summed E-state index contributed by atoms with van der Waals surface area (Å²) in [7, 11) is 0. The summed E-state index contributed by atoms with van der Waals surface area (Å²) in [6, 6.07) is 10.3. The minimum atomic E-state index is -0.227. The van der Waals surface area contributed by atoms with E-state index in [0.717, 1.165) is 25.7 Å². The number of aliphatic hydroxyl groups is 1. The Bertz CT molecular complexity index is 389. The Morgan fingerprint density at radius 1 is 1.29 bits per heavy atom. The van der Waals surface area contributed by atoms with Crippen LogP contribution in [0.5, 0.6) is 0 Å². The number of hydrogen-bond acceptors (Lipinski definition) is 2. The molecule has 0 aromatic heterocycles. The lowest BCUT2D eigenvalue weighted by atomic mass is 9.76. The summed E-state index contributed by atoms with van der Waals surface area (Å²) >= 11 is 0. The normalized spacial score (nSPS) is 30.3. The highest BCUT2D eigenvalue weighted by atomic mass is 16.3. The van der Waals surface area contributed by atoms with Gasteiger partial charge in [-0.05, 0) is 38.2 Å². The molecule has 0 bridgehead atoms. The molecular formula is C15H21NO. The summed E-state index contributed by atoms with van der Waals surface area (Å²) in [4.78, 5) is 0. The Morgan fingerprint density at radius 3 is 2.47 bits per heavy atom. The molecule has 0 unspecified atom stereocenters. The molecule has 0 radical (unpaired) electrons. The second-order valence-corrected chi connectivity index (χ2v) is 5.13. The van der Waals surface area contributed by atoms with Gasteiger partial charge in [-0.3, -0.25) is 0 Å². The smallest absolute Gasteiger partial charge is 0.0541 e. The van der Waals surface area contributed by atoms with Crippen molar-refractivity contribution in [3.63, 3.8) is 0 Å². The van der Waals surface area contributed by atoms with Crippen LogP contribution in [-0.2, 0) is 0 Å². The Kier molecular flexibility index (Phi) is 3.65. The molecule has 1 saturated carbocycles. The molecule has 0 saturated heterocycles. The van der Waals surface area contributed by atoms with Gasteiger partial charge < -0.3 is 10.8 Å². The molecule has 2 rings (SSSR count). The fourth-order valence-electron chi connectivity index (χ4n) is 2.46. The standard InChI is InChI=1S/C15H21NO/c1-12(11-13-5-3-2-4-6-13)15(16)9-7-14(17)8-10-15/h2-6,11,14,17H,7-10,16H2,1H3/b12-11-. The number of nitrogens with two attached hydrogens (primary N) is 1. The first-order valence-electron chi connectivity index (χ1n) is 6.31. The van der Waals surface area contributed by atoms with Crippen molar-refractivity contribution in [3.05, 3.63) is 41.5 Å². The van der Waals surface area contributed by atoms with Gasteiger partial charge in [-0.25, -0.2) is 0 Å². The van der Waals surface area contributed by atoms with E-state index < -0.39 is 0 Å². The maximum atomic E-state index is 9.54. The first kappa shape index (κ1) is 12.3. The summed E-state index contributed by atoms with van der Waals surface area (Å²) in [6.07, 6.45) is 5.40. The van der Waals surface area contributed by atoms with Crippen molar-refractivity contribution in [2.24, 2.45) is 5.73 Å². The van der Waals surface area contributed by atoms with Crippen LogP contribution in [0.1, 0.15) is 38.2 Å². The number of aliphatic hydroxyl groups excluding tert-OH is 1. The molecule has 1 fully saturated rings. The van der Waals surface area contributed by atoms with Crippen molar-refractivity contribution < 1.29 is 5.11 Å². The van der Waals surface area contributed by atoms with Gasteiger partial charge in [-0.1, -0.05) is 42.0 Å². The first-order chi connectivity index (χ1) is 8.10. The van der Waals surface area contributed by atoms with E-state index in [-0.39, 0.29) is 11.6 Å².